The number of amides is 5. The van der Waals surface area contributed by atoms with Crippen LogP contribution in [0.2, 0.25) is 0 Å². The van der Waals surface area contributed by atoms with Crippen molar-refractivity contribution in [2.75, 3.05) is 19.6 Å². The highest BCUT2D eigenvalue weighted by atomic mass is 32.1. The summed E-state index contributed by atoms with van der Waals surface area (Å²) >= 11 is 1.50. The molecule has 51 heavy (non-hydrogen) atoms. The molecule has 1 aliphatic heterocycles. The first-order chi connectivity index (χ1) is 24.4. The number of aromatic nitrogens is 4. The lowest BCUT2D eigenvalue weighted by Crippen LogP contribution is -2.54. The number of benzene rings is 2. The molecule has 270 valence electrons. The fourth-order valence-corrected chi connectivity index (χ4v) is 6.83. The standard InChI is InChI=1S/C36H45N9O5S/c1-21(2)32-33-39-23(4)43-45(33)20-31(47)37-15-17-44(36(50)26-13-14-27-29(19-26)51-24(5)40-27)16-9-12-30(46)38-22(3)34(48)41-28(35(49)42-32)18-25-10-7-6-8-11-25/h6-8,10-11,13-14,19,21-22,28,32H,9,12,15-18,20H2,1-5H3,(H,37,47)(H,38,46)(H,41,48)(H,42,49)/t22-,28+,32-/m0/s1. The van der Waals surface area contributed by atoms with Crippen molar-refractivity contribution in [3.63, 3.8) is 0 Å². The second kappa shape index (κ2) is 16.7. The largest absolute Gasteiger partial charge is 0.353 e. The van der Waals surface area contributed by atoms with E-state index in [2.05, 4.69) is 36.3 Å². The average molecular weight is 716 g/mol. The van der Waals surface area contributed by atoms with Crippen molar-refractivity contribution >= 4 is 51.1 Å². The summed E-state index contributed by atoms with van der Waals surface area (Å²) in [4.78, 5) is 77.9. The van der Waals surface area contributed by atoms with Crippen LogP contribution in [-0.2, 0) is 32.1 Å². The number of aryl methyl sites for hydroxylation is 2. The van der Waals surface area contributed by atoms with Crippen molar-refractivity contribution in [1.82, 2.24) is 45.9 Å². The molecule has 0 bridgehead atoms. The summed E-state index contributed by atoms with van der Waals surface area (Å²) in [6.07, 6.45) is 0.579. The highest BCUT2D eigenvalue weighted by Gasteiger charge is 2.31. The van der Waals surface area contributed by atoms with E-state index in [9.17, 15) is 24.0 Å². The molecule has 3 atom stereocenters. The monoisotopic (exact) mass is 715 g/mol. The maximum Gasteiger partial charge on any atom is 0.253 e. The van der Waals surface area contributed by atoms with Crippen LogP contribution in [0.3, 0.4) is 0 Å². The molecule has 5 rings (SSSR count). The van der Waals surface area contributed by atoms with Crippen LogP contribution in [0.5, 0.6) is 0 Å². The Labute approximate surface area is 300 Å². The number of rotatable bonds is 4. The zero-order valence-electron chi connectivity index (χ0n) is 29.6. The Kier molecular flexibility index (Phi) is 12.1. The Morgan fingerprint density at radius 2 is 1.71 bits per heavy atom. The highest BCUT2D eigenvalue weighted by molar-refractivity contribution is 7.18. The van der Waals surface area contributed by atoms with Crippen LogP contribution in [-0.4, -0.2) is 85.9 Å². The highest BCUT2D eigenvalue weighted by Crippen LogP contribution is 2.24. The Bertz CT molecular complexity index is 1890. The number of hydrogen-bond acceptors (Lipinski definition) is 9. The first kappa shape index (κ1) is 37.1. The fourth-order valence-electron chi connectivity index (χ4n) is 5.96. The predicted molar refractivity (Wildman–Crippen MR) is 193 cm³/mol. The van der Waals surface area contributed by atoms with Gasteiger partial charge in [-0.25, -0.2) is 14.6 Å². The third-order valence-corrected chi connectivity index (χ3v) is 9.53. The summed E-state index contributed by atoms with van der Waals surface area (Å²) in [6.45, 7) is 9.45. The van der Waals surface area contributed by atoms with E-state index in [4.69, 9.17) is 0 Å². The summed E-state index contributed by atoms with van der Waals surface area (Å²) in [5.74, 6) is -1.23. The second-order valence-corrected chi connectivity index (χ2v) is 14.3. The van der Waals surface area contributed by atoms with E-state index in [1.165, 1.54) is 16.0 Å². The zero-order chi connectivity index (χ0) is 36.7. The molecule has 14 nitrogen and oxygen atoms in total. The molecule has 3 heterocycles. The van der Waals surface area contributed by atoms with Gasteiger partial charge in [0.25, 0.3) is 5.91 Å². The van der Waals surface area contributed by atoms with Gasteiger partial charge in [-0.15, -0.1) is 11.3 Å². The van der Waals surface area contributed by atoms with Gasteiger partial charge < -0.3 is 26.2 Å². The van der Waals surface area contributed by atoms with Crippen molar-refractivity contribution in [2.24, 2.45) is 5.92 Å². The number of nitrogens with zero attached hydrogens (tertiary/aromatic N) is 5. The first-order valence-corrected chi connectivity index (χ1v) is 18.0. The number of carbonyl (C=O) groups is 5. The molecule has 4 aromatic rings. The van der Waals surface area contributed by atoms with Crippen molar-refractivity contribution in [3.05, 3.63) is 76.3 Å². The predicted octanol–water partition coefficient (Wildman–Crippen LogP) is 2.60. The molecule has 15 heteroatoms. The van der Waals surface area contributed by atoms with Crippen LogP contribution in [0.4, 0.5) is 0 Å². The first-order valence-electron chi connectivity index (χ1n) is 17.2. The van der Waals surface area contributed by atoms with Crippen LogP contribution in [0.25, 0.3) is 10.2 Å². The Morgan fingerprint density at radius 1 is 0.941 bits per heavy atom. The normalized spacial score (nSPS) is 20.3. The van der Waals surface area contributed by atoms with Crippen LogP contribution in [0.15, 0.2) is 48.5 Å². The molecule has 2 aromatic heterocycles. The van der Waals surface area contributed by atoms with Gasteiger partial charge in [-0.3, -0.25) is 24.0 Å². The topological polar surface area (TPSA) is 180 Å². The minimum Gasteiger partial charge on any atom is -0.353 e. The Balaban J connectivity index is 1.41. The molecule has 5 amide bonds. The van der Waals surface area contributed by atoms with Gasteiger partial charge in [0.05, 0.1) is 21.3 Å². The average Bonchev–Trinajstić information content (AvgIpc) is 3.65. The molecule has 0 aliphatic carbocycles. The van der Waals surface area contributed by atoms with Crippen LogP contribution >= 0.6 is 11.3 Å². The van der Waals surface area contributed by atoms with E-state index in [1.54, 1.807) is 24.8 Å². The summed E-state index contributed by atoms with van der Waals surface area (Å²) in [5, 5.41) is 16.8. The van der Waals surface area contributed by atoms with Gasteiger partial charge >= 0.3 is 0 Å². The third-order valence-electron chi connectivity index (χ3n) is 8.59. The van der Waals surface area contributed by atoms with E-state index in [-0.39, 0.29) is 62.7 Å². The molecule has 0 spiro atoms. The molecule has 0 unspecified atom stereocenters. The Hall–Kier alpha value is -5.18. The number of nitrogens with one attached hydrogen (secondary N) is 4. The van der Waals surface area contributed by atoms with E-state index in [0.29, 0.717) is 23.6 Å². The number of carbonyl (C=O) groups excluding carboxylic acids is 5. The van der Waals surface area contributed by atoms with Crippen molar-refractivity contribution in [2.45, 2.75) is 78.6 Å². The van der Waals surface area contributed by atoms with Gasteiger partial charge in [-0.1, -0.05) is 44.2 Å². The zero-order valence-corrected chi connectivity index (χ0v) is 30.4. The van der Waals surface area contributed by atoms with Crippen molar-refractivity contribution in [1.29, 1.82) is 0 Å². The minimum absolute atomic E-state index is 0.0548. The molecular weight excluding hydrogens is 671 g/mol. The van der Waals surface area contributed by atoms with Crippen molar-refractivity contribution < 1.29 is 24.0 Å². The number of fused-ring (bicyclic) bond motifs is 2. The second-order valence-electron chi connectivity index (χ2n) is 13.1. The molecule has 0 saturated heterocycles. The molecule has 0 fully saturated rings. The molecule has 0 radical (unpaired) electrons. The lowest BCUT2D eigenvalue weighted by Gasteiger charge is -2.27. The maximum absolute atomic E-state index is 13.9. The SMILES string of the molecule is Cc1nc2n(n1)CC(=O)NCCN(C(=O)c1ccc3nc(C)sc3c1)CCCC(=O)N[C@@H](C)C(=O)N[C@H](Cc1ccccc1)C(=O)N[C@H]2C(C)C. The minimum atomic E-state index is -0.973. The van der Waals surface area contributed by atoms with E-state index in [1.807, 2.05) is 63.2 Å². The quantitative estimate of drug-likeness (QED) is 0.249. The van der Waals surface area contributed by atoms with Gasteiger partial charge in [0, 0.05) is 38.0 Å². The molecule has 1 aliphatic rings. The van der Waals surface area contributed by atoms with Gasteiger partial charge in [0.2, 0.25) is 23.6 Å². The summed E-state index contributed by atoms with van der Waals surface area (Å²) < 4.78 is 2.37. The maximum atomic E-state index is 13.9. The van der Waals surface area contributed by atoms with Gasteiger partial charge in [0.15, 0.2) is 5.82 Å². The number of hydrogen-bond donors (Lipinski definition) is 4. The van der Waals surface area contributed by atoms with Gasteiger partial charge in [0.1, 0.15) is 24.5 Å². The number of thiazole rings is 1. The van der Waals surface area contributed by atoms with Crippen LogP contribution in [0.1, 0.15) is 72.2 Å². The van der Waals surface area contributed by atoms with Crippen molar-refractivity contribution in [3.8, 4) is 0 Å². The van der Waals surface area contributed by atoms with Gasteiger partial charge in [-0.2, -0.15) is 5.10 Å². The lowest BCUT2D eigenvalue weighted by molar-refractivity contribution is -0.132. The van der Waals surface area contributed by atoms with Crippen LogP contribution < -0.4 is 21.3 Å². The summed E-state index contributed by atoms with van der Waals surface area (Å²) in [7, 11) is 0. The molecule has 0 saturated carbocycles. The fraction of sp³-hybridized carbons (Fsp3) is 0.444. The Morgan fingerprint density at radius 3 is 2.45 bits per heavy atom. The molecule has 2 aromatic carbocycles. The molecular formula is C36H45N9O5S. The third kappa shape index (κ3) is 9.75. The van der Waals surface area contributed by atoms with E-state index in [0.717, 1.165) is 20.8 Å². The molecule has 4 N–H and O–H groups in total. The van der Waals surface area contributed by atoms with E-state index >= 15 is 0 Å². The summed E-state index contributed by atoms with van der Waals surface area (Å²) in [5.41, 5.74) is 2.13. The van der Waals surface area contributed by atoms with Crippen LogP contribution in [0, 0.1) is 19.8 Å². The van der Waals surface area contributed by atoms with Gasteiger partial charge in [-0.05, 0) is 56.9 Å². The van der Waals surface area contributed by atoms with E-state index < -0.39 is 29.9 Å². The smallest absolute Gasteiger partial charge is 0.253 e. The summed E-state index contributed by atoms with van der Waals surface area (Å²) in [6, 6.07) is 12.1. The lowest BCUT2D eigenvalue weighted by atomic mass is 10.0.